The molecule has 0 bridgehead atoms. The minimum absolute atomic E-state index is 0.177. The van der Waals surface area contributed by atoms with Crippen molar-refractivity contribution in [2.75, 3.05) is 7.11 Å². The van der Waals surface area contributed by atoms with Gasteiger partial charge in [-0.3, -0.25) is 4.79 Å². The molecule has 3 N–H and O–H groups in total. The highest BCUT2D eigenvalue weighted by molar-refractivity contribution is 5.67. The molecule has 9 heavy (non-hydrogen) atoms. The molecule has 1 unspecified atom stereocenters. The van der Waals surface area contributed by atoms with Crippen LogP contribution in [-0.4, -0.2) is 23.9 Å². The standard InChI is InChI=1S/C5H11NO3/c1-5(6,9-2)3-4(7)8/h3,6H2,1-2H3,(H,7,8). The molecule has 54 valence electrons. The predicted molar refractivity (Wildman–Crippen MR) is 31.9 cm³/mol. The fraction of sp³-hybridized carbons (Fsp3) is 0.800. The van der Waals surface area contributed by atoms with Gasteiger partial charge >= 0.3 is 5.97 Å². The Hall–Kier alpha value is -0.610. The number of methoxy groups -OCH3 is 1. The van der Waals surface area contributed by atoms with Crippen molar-refractivity contribution in [2.45, 2.75) is 19.1 Å². The summed E-state index contributed by atoms with van der Waals surface area (Å²) in [5.74, 6) is -0.957. The minimum atomic E-state index is -1.04. The molecule has 0 aliphatic rings. The van der Waals surface area contributed by atoms with Crippen LogP contribution in [0.3, 0.4) is 0 Å². The topological polar surface area (TPSA) is 72.5 Å². The lowest BCUT2D eigenvalue weighted by Crippen LogP contribution is -2.40. The number of hydrogen-bond acceptors (Lipinski definition) is 3. The zero-order chi connectivity index (χ0) is 7.49. The summed E-state index contributed by atoms with van der Waals surface area (Å²) in [4.78, 5) is 10.0. The lowest BCUT2D eigenvalue weighted by molar-refractivity contribution is -0.143. The molecule has 0 rings (SSSR count). The molecule has 0 aromatic rings. The van der Waals surface area contributed by atoms with Gasteiger partial charge in [0.05, 0.1) is 6.42 Å². The van der Waals surface area contributed by atoms with Crippen molar-refractivity contribution >= 4 is 5.97 Å². The Labute approximate surface area is 53.6 Å². The van der Waals surface area contributed by atoms with Crippen LogP contribution in [0.15, 0.2) is 0 Å². The molecule has 4 heteroatoms. The highest BCUT2D eigenvalue weighted by Crippen LogP contribution is 2.04. The molecule has 0 radical (unpaired) electrons. The molecule has 0 fully saturated rings. The van der Waals surface area contributed by atoms with E-state index in [0.29, 0.717) is 0 Å². The van der Waals surface area contributed by atoms with E-state index in [9.17, 15) is 4.79 Å². The fourth-order valence-electron chi connectivity index (χ4n) is 0.372. The van der Waals surface area contributed by atoms with Crippen molar-refractivity contribution < 1.29 is 14.6 Å². The number of rotatable bonds is 3. The van der Waals surface area contributed by atoms with E-state index in [1.54, 1.807) is 0 Å². The van der Waals surface area contributed by atoms with E-state index in [4.69, 9.17) is 10.8 Å². The second-order valence-corrected chi connectivity index (χ2v) is 2.09. The first-order chi connectivity index (χ1) is 3.98. The Bertz CT molecular complexity index is 111. The first-order valence-electron chi connectivity index (χ1n) is 2.54. The molecule has 1 atom stereocenters. The Balaban J connectivity index is 3.71. The summed E-state index contributed by atoms with van der Waals surface area (Å²) in [6.07, 6.45) is -0.177. The SMILES string of the molecule is COC(C)(N)CC(=O)O. The van der Waals surface area contributed by atoms with Crippen molar-refractivity contribution in [3.63, 3.8) is 0 Å². The number of aliphatic carboxylic acids is 1. The Morgan fingerprint density at radius 3 is 2.44 bits per heavy atom. The monoisotopic (exact) mass is 133 g/mol. The molecular weight excluding hydrogens is 122 g/mol. The van der Waals surface area contributed by atoms with Crippen molar-refractivity contribution in [2.24, 2.45) is 5.73 Å². The van der Waals surface area contributed by atoms with Gasteiger partial charge in [-0.1, -0.05) is 0 Å². The molecule has 4 nitrogen and oxygen atoms in total. The maximum absolute atomic E-state index is 10.0. The van der Waals surface area contributed by atoms with E-state index >= 15 is 0 Å². The summed E-state index contributed by atoms with van der Waals surface area (Å²) >= 11 is 0. The van der Waals surface area contributed by atoms with Crippen LogP contribution in [0.1, 0.15) is 13.3 Å². The summed E-state index contributed by atoms with van der Waals surface area (Å²) in [5.41, 5.74) is 4.28. The Kier molecular flexibility index (Phi) is 2.61. The van der Waals surface area contributed by atoms with Gasteiger partial charge in [-0.2, -0.15) is 0 Å². The van der Waals surface area contributed by atoms with Gasteiger partial charge in [-0.15, -0.1) is 0 Å². The van der Waals surface area contributed by atoms with Gasteiger partial charge in [0.25, 0.3) is 0 Å². The van der Waals surface area contributed by atoms with Crippen LogP contribution in [0.4, 0.5) is 0 Å². The second kappa shape index (κ2) is 2.80. The molecule has 0 saturated carbocycles. The average molecular weight is 133 g/mol. The van der Waals surface area contributed by atoms with Gasteiger partial charge in [0, 0.05) is 7.11 Å². The van der Waals surface area contributed by atoms with Crippen LogP contribution in [0.25, 0.3) is 0 Å². The number of carboxylic acids is 1. The Morgan fingerprint density at radius 2 is 2.33 bits per heavy atom. The summed E-state index contributed by atoms with van der Waals surface area (Å²) in [6, 6.07) is 0. The molecule has 0 heterocycles. The number of ether oxygens (including phenoxy) is 1. The summed E-state index contributed by atoms with van der Waals surface area (Å²) in [5, 5.41) is 8.22. The molecule has 0 aromatic heterocycles. The van der Waals surface area contributed by atoms with E-state index in [2.05, 4.69) is 4.74 Å². The second-order valence-electron chi connectivity index (χ2n) is 2.09. The quantitative estimate of drug-likeness (QED) is 0.522. The predicted octanol–water partition coefficient (Wildman–Crippen LogP) is -0.218. The van der Waals surface area contributed by atoms with Crippen LogP contribution in [-0.2, 0) is 9.53 Å². The number of carboxylic acid groups (broad SMARTS) is 1. The van der Waals surface area contributed by atoms with Crippen LogP contribution in [0.2, 0.25) is 0 Å². The third-order valence-corrected chi connectivity index (χ3v) is 0.969. The van der Waals surface area contributed by atoms with Crippen LogP contribution in [0, 0.1) is 0 Å². The van der Waals surface area contributed by atoms with E-state index < -0.39 is 11.7 Å². The lowest BCUT2D eigenvalue weighted by atomic mass is 10.2. The van der Waals surface area contributed by atoms with E-state index in [1.807, 2.05) is 0 Å². The molecule has 0 aliphatic heterocycles. The van der Waals surface area contributed by atoms with E-state index in [0.717, 1.165) is 0 Å². The molecule has 0 amide bonds. The van der Waals surface area contributed by atoms with E-state index in [1.165, 1.54) is 14.0 Å². The van der Waals surface area contributed by atoms with Crippen LogP contribution < -0.4 is 5.73 Å². The van der Waals surface area contributed by atoms with Gasteiger partial charge < -0.3 is 15.6 Å². The van der Waals surface area contributed by atoms with Crippen molar-refractivity contribution in [3.8, 4) is 0 Å². The molecule has 0 saturated heterocycles. The number of carbonyl (C=O) groups is 1. The van der Waals surface area contributed by atoms with Crippen molar-refractivity contribution in [1.29, 1.82) is 0 Å². The van der Waals surface area contributed by atoms with Gasteiger partial charge in [0.2, 0.25) is 0 Å². The first kappa shape index (κ1) is 8.39. The number of nitrogens with two attached hydrogens (primary N) is 1. The lowest BCUT2D eigenvalue weighted by Gasteiger charge is -2.19. The Morgan fingerprint density at radius 1 is 1.89 bits per heavy atom. The molecular formula is C5H11NO3. The molecule has 0 aliphatic carbocycles. The average Bonchev–Trinajstić information content (AvgIpc) is 1.63. The van der Waals surface area contributed by atoms with Crippen LogP contribution >= 0.6 is 0 Å². The fourth-order valence-corrected chi connectivity index (χ4v) is 0.372. The van der Waals surface area contributed by atoms with E-state index in [-0.39, 0.29) is 6.42 Å². The normalized spacial score (nSPS) is 16.8. The number of hydrogen-bond donors (Lipinski definition) is 2. The smallest absolute Gasteiger partial charge is 0.307 e. The van der Waals surface area contributed by atoms with Gasteiger partial charge in [0.1, 0.15) is 5.72 Å². The van der Waals surface area contributed by atoms with Crippen LogP contribution in [0.5, 0.6) is 0 Å². The summed E-state index contributed by atoms with van der Waals surface area (Å²) in [6.45, 7) is 1.52. The highest BCUT2D eigenvalue weighted by atomic mass is 16.5. The third kappa shape index (κ3) is 3.93. The van der Waals surface area contributed by atoms with Gasteiger partial charge in [-0.05, 0) is 6.92 Å². The summed E-state index contributed by atoms with van der Waals surface area (Å²) < 4.78 is 4.65. The van der Waals surface area contributed by atoms with Crippen molar-refractivity contribution in [1.82, 2.24) is 0 Å². The maximum atomic E-state index is 10.0. The molecule has 0 spiro atoms. The zero-order valence-electron chi connectivity index (χ0n) is 5.55. The third-order valence-electron chi connectivity index (χ3n) is 0.969. The minimum Gasteiger partial charge on any atom is -0.481 e. The largest absolute Gasteiger partial charge is 0.481 e. The molecule has 0 aromatic carbocycles. The zero-order valence-corrected chi connectivity index (χ0v) is 5.55. The first-order valence-corrected chi connectivity index (χ1v) is 2.54. The van der Waals surface area contributed by atoms with Gasteiger partial charge in [0.15, 0.2) is 0 Å². The van der Waals surface area contributed by atoms with Gasteiger partial charge in [-0.25, -0.2) is 0 Å². The van der Waals surface area contributed by atoms with Crippen molar-refractivity contribution in [3.05, 3.63) is 0 Å². The highest BCUT2D eigenvalue weighted by Gasteiger charge is 2.20. The maximum Gasteiger partial charge on any atom is 0.307 e. The summed E-state index contributed by atoms with van der Waals surface area (Å²) in [7, 11) is 1.38.